The largest absolute Gasteiger partial charge is 0.481 e. The normalized spacial score (nSPS) is 12.6. The van der Waals surface area contributed by atoms with Gasteiger partial charge in [-0.15, -0.1) is 0 Å². The SMILES string of the molecule is CC/C=C\C/C=C\C/C=C\C/C=C\CCCCC(CCCCCCCC(=O)O)OC(=O)CCCCCCCCCCCCCCCCCCCCCCCC. The fourth-order valence-corrected chi connectivity index (χ4v) is 7.30. The summed E-state index contributed by atoms with van der Waals surface area (Å²) in [7, 11) is 0. The summed E-state index contributed by atoms with van der Waals surface area (Å²) in [5, 5.41) is 8.86. The van der Waals surface area contributed by atoms with Crippen LogP contribution in [0.4, 0.5) is 0 Å². The molecule has 0 aliphatic carbocycles. The van der Waals surface area contributed by atoms with E-state index in [1.165, 1.54) is 128 Å². The van der Waals surface area contributed by atoms with Crippen molar-refractivity contribution in [3.63, 3.8) is 0 Å². The van der Waals surface area contributed by atoms with Crippen LogP contribution in [0.3, 0.4) is 0 Å². The Balaban J connectivity index is 3.96. The Hall–Kier alpha value is -2.10. The van der Waals surface area contributed by atoms with Crippen molar-refractivity contribution < 1.29 is 19.4 Å². The average Bonchev–Trinajstić information content (AvgIpc) is 3.17. The molecule has 0 saturated heterocycles. The Morgan fingerprint density at radius 3 is 1.18 bits per heavy atom. The molecule has 0 saturated carbocycles. The third kappa shape index (κ3) is 46.2. The van der Waals surface area contributed by atoms with Crippen LogP contribution >= 0.6 is 0 Å². The van der Waals surface area contributed by atoms with Gasteiger partial charge in [-0.2, -0.15) is 0 Å². The Labute approximate surface area is 342 Å². The van der Waals surface area contributed by atoms with Crippen LogP contribution in [0.5, 0.6) is 0 Å². The molecular weight excluding hydrogens is 677 g/mol. The van der Waals surface area contributed by atoms with Gasteiger partial charge < -0.3 is 9.84 Å². The molecule has 1 unspecified atom stereocenters. The number of ether oxygens (including phenoxy) is 1. The lowest BCUT2D eigenvalue weighted by Crippen LogP contribution is -2.18. The maximum Gasteiger partial charge on any atom is 0.306 e. The zero-order valence-corrected chi connectivity index (χ0v) is 36.7. The minimum atomic E-state index is -0.706. The predicted octanol–water partition coefficient (Wildman–Crippen LogP) is 17.1. The molecule has 55 heavy (non-hydrogen) atoms. The van der Waals surface area contributed by atoms with Crippen LogP contribution in [0, 0.1) is 0 Å². The van der Waals surface area contributed by atoms with E-state index in [2.05, 4.69) is 62.5 Å². The highest BCUT2D eigenvalue weighted by Crippen LogP contribution is 2.19. The fraction of sp³-hybridized carbons (Fsp3) is 0.804. The smallest absolute Gasteiger partial charge is 0.306 e. The fourth-order valence-electron chi connectivity index (χ4n) is 7.30. The first-order valence-corrected chi connectivity index (χ1v) is 24.1. The number of allylic oxidation sites excluding steroid dienone is 8. The molecular formula is C51H92O4. The highest BCUT2D eigenvalue weighted by atomic mass is 16.5. The van der Waals surface area contributed by atoms with Crippen molar-refractivity contribution in [2.24, 2.45) is 0 Å². The van der Waals surface area contributed by atoms with Gasteiger partial charge in [-0.05, 0) is 77.0 Å². The second-order valence-electron chi connectivity index (χ2n) is 16.3. The number of carbonyl (C=O) groups excluding carboxylic acids is 1. The van der Waals surface area contributed by atoms with Gasteiger partial charge in [0.2, 0.25) is 0 Å². The van der Waals surface area contributed by atoms with Gasteiger partial charge in [0.1, 0.15) is 6.10 Å². The number of rotatable bonds is 44. The summed E-state index contributed by atoms with van der Waals surface area (Å²) in [5.74, 6) is -0.721. The molecule has 1 N–H and O–H groups in total. The van der Waals surface area contributed by atoms with Crippen LogP contribution in [0.25, 0.3) is 0 Å². The summed E-state index contributed by atoms with van der Waals surface area (Å²) >= 11 is 0. The van der Waals surface area contributed by atoms with Gasteiger partial charge in [0, 0.05) is 12.8 Å². The van der Waals surface area contributed by atoms with Crippen molar-refractivity contribution in [3.05, 3.63) is 48.6 Å². The second-order valence-corrected chi connectivity index (χ2v) is 16.3. The van der Waals surface area contributed by atoms with Crippen molar-refractivity contribution >= 4 is 11.9 Å². The van der Waals surface area contributed by atoms with Crippen LogP contribution in [-0.4, -0.2) is 23.1 Å². The number of aliphatic carboxylic acids is 1. The summed E-state index contributed by atoms with van der Waals surface area (Å²) in [6, 6.07) is 0. The first-order chi connectivity index (χ1) is 27.1. The molecule has 0 aromatic heterocycles. The number of hydrogen-bond acceptors (Lipinski definition) is 3. The predicted molar refractivity (Wildman–Crippen MR) is 241 cm³/mol. The van der Waals surface area contributed by atoms with Crippen molar-refractivity contribution in [3.8, 4) is 0 Å². The Morgan fingerprint density at radius 2 is 0.764 bits per heavy atom. The zero-order valence-electron chi connectivity index (χ0n) is 36.7. The van der Waals surface area contributed by atoms with Crippen molar-refractivity contribution in [2.45, 2.75) is 264 Å². The second kappa shape index (κ2) is 46.3. The summed E-state index contributed by atoms with van der Waals surface area (Å²) in [6.45, 7) is 4.46. The molecule has 4 heteroatoms. The van der Waals surface area contributed by atoms with E-state index in [0.717, 1.165) is 103 Å². The number of unbranched alkanes of at least 4 members (excludes halogenated alkanes) is 27. The average molecular weight is 769 g/mol. The van der Waals surface area contributed by atoms with E-state index in [-0.39, 0.29) is 18.5 Å². The molecule has 0 aliphatic heterocycles. The van der Waals surface area contributed by atoms with Crippen LogP contribution in [-0.2, 0) is 14.3 Å². The molecule has 0 bridgehead atoms. The molecule has 0 aliphatic rings. The summed E-state index contributed by atoms with van der Waals surface area (Å²) in [4.78, 5) is 23.5. The molecule has 4 nitrogen and oxygen atoms in total. The van der Waals surface area contributed by atoms with Gasteiger partial charge >= 0.3 is 11.9 Å². The molecule has 0 radical (unpaired) electrons. The molecule has 0 aromatic rings. The maximum absolute atomic E-state index is 12.8. The highest BCUT2D eigenvalue weighted by molar-refractivity contribution is 5.69. The van der Waals surface area contributed by atoms with Crippen LogP contribution in [0.15, 0.2) is 48.6 Å². The standard InChI is InChI=1S/C51H92O4/c1-3-5-7-9-11-13-15-17-19-20-21-22-23-24-25-27-29-31-33-35-40-44-48-51(54)55-49(46-42-38-36-39-43-47-50(52)53)45-41-37-34-32-30-28-26-18-16-14-12-10-8-6-4-2/h6,8,12,14,18,26,30,32,49H,3-5,7,9-11,13,15-17,19-25,27-29,31,33-48H2,1-2H3,(H,52,53)/b8-6-,14-12-,26-18-,32-30-. The summed E-state index contributed by atoms with van der Waals surface area (Å²) < 4.78 is 6.02. The number of hydrogen-bond donors (Lipinski definition) is 1. The first kappa shape index (κ1) is 52.9. The molecule has 1 atom stereocenters. The summed E-state index contributed by atoms with van der Waals surface area (Å²) in [6.07, 6.45) is 63.0. The van der Waals surface area contributed by atoms with E-state index in [0.29, 0.717) is 6.42 Å². The van der Waals surface area contributed by atoms with E-state index in [9.17, 15) is 9.59 Å². The van der Waals surface area contributed by atoms with E-state index < -0.39 is 5.97 Å². The van der Waals surface area contributed by atoms with E-state index in [1.54, 1.807) is 0 Å². The zero-order chi connectivity index (χ0) is 40.0. The Bertz CT molecular complexity index is 916. The van der Waals surface area contributed by atoms with Crippen molar-refractivity contribution in [1.29, 1.82) is 0 Å². The van der Waals surface area contributed by atoms with Gasteiger partial charge in [0.15, 0.2) is 0 Å². The quantitative estimate of drug-likeness (QED) is 0.0381. The monoisotopic (exact) mass is 769 g/mol. The van der Waals surface area contributed by atoms with Gasteiger partial charge in [0.05, 0.1) is 0 Å². The highest BCUT2D eigenvalue weighted by Gasteiger charge is 2.14. The Kier molecular flexibility index (Phi) is 44.5. The van der Waals surface area contributed by atoms with Crippen molar-refractivity contribution in [1.82, 2.24) is 0 Å². The van der Waals surface area contributed by atoms with E-state index >= 15 is 0 Å². The molecule has 0 heterocycles. The molecule has 0 spiro atoms. The number of esters is 1. The van der Waals surface area contributed by atoms with E-state index in [4.69, 9.17) is 9.84 Å². The van der Waals surface area contributed by atoms with Gasteiger partial charge in [-0.25, -0.2) is 0 Å². The van der Waals surface area contributed by atoms with Gasteiger partial charge in [0.25, 0.3) is 0 Å². The first-order valence-electron chi connectivity index (χ1n) is 24.1. The van der Waals surface area contributed by atoms with Crippen molar-refractivity contribution in [2.75, 3.05) is 0 Å². The topological polar surface area (TPSA) is 63.6 Å². The van der Waals surface area contributed by atoms with Crippen LogP contribution in [0.1, 0.15) is 258 Å². The maximum atomic E-state index is 12.8. The molecule has 0 amide bonds. The molecule has 0 fully saturated rings. The number of carboxylic acid groups (broad SMARTS) is 1. The van der Waals surface area contributed by atoms with Crippen LogP contribution < -0.4 is 0 Å². The number of carbonyl (C=O) groups is 2. The summed E-state index contributed by atoms with van der Waals surface area (Å²) in [5.41, 5.74) is 0. The van der Waals surface area contributed by atoms with E-state index in [1.807, 2.05) is 0 Å². The van der Waals surface area contributed by atoms with Crippen LogP contribution in [0.2, 0.25) is 0 Å². The lowest BCUT2D eigenvalue weighted by Gasteiger charge is -2.18. The lowest BCUT2D eigenvalue weighted by molar-refractivity contribution is -0.150. The minimum absolute atomic E-state index is 0.0152. The number of carboxylic acids is 1. The van der Waals surface area contributed by atoms with Gasteiger partial charge in [-0.1, -0.05) is 217 Å². The molecule has 0 rings (SSSR count). The third-order valence-corrected chi connectivity index (χ3v) is 10.8. The molecule has 320 valence electrons. The lowest BCUT2D eigenvalue weighted by atomic mass is 10.0. The van der Waals surface area contributed by atoms with Gasteiger partial charge in [-0.3, -0.25) is 9.59 Å². The Morgan fingerprint density at radius 1 is 0.418 bits per heavy atom. The molecule has 0 aromatic carbocycles. The third-order valence-electron chi connectivity index (χ3n) is 10.8. The minimum Gasteiger partial charge on any atom is -0.481 e.